The Kier molecular flexibility index (Phi) is 4.02. The molecule has 1 nitrogen and oxygen atoms in total. The molecular formula is C18H19F2N. The molecule has 3 heteroatoms. The van der Waals surface area contributed by atoms with E-state index in [1.807, 2.05) is 18.2 Å². The average Bonchev–Trinajstić information content (AvgIpc) is 2.42. The van der Waals surface area contributed by atoms with Crippen molar-refractivity contribution in [3.63, 3.8) is 0 Å². The van der Waals surface area contributed by atoms with E-state index in [9.17, 15) is 8.78 Å². The topological polar surface area (TPSA) is 12.0 Å². The van der Waals surface area contributed by atoms with E-state index in [0.29, 0.717) is 5.92 Å². The maximum atomic E-state index is 14.1. The third-order valence-corrected chi connectivity index (χ3v) is 4.43. The second-order valence-electron chi connectivity index (χ2n) is 5.61. The molecule has 0 bridgehead atoms. The van der Waals surface area contributed by atoms with Crippen LogP contribution in [0.3, 0.4) is 0 Å². The zero-order valence-electron chi connectivity index (χ0n) is 12.1. The average molecular weight is 287 g/mol. The number of hydrogen-bond donors (Lipinski definition) is 1. The fraction of sp³-hybridized carbons (Fsp3) is 0.333. The van der Waals surface area contributed by atoms with E-state index in [0.717, 1.165) is 18.4 Å². The van der Waals surface area contributed by atoms with Gasteiger partial charge in [0, 0.05) is 5.56 Å². The summed E-state index contributed by atoms with van der Waals surface area (Å²) in [5, 5.41) is 3.08. The van der Waals surface area contributed by atoms with Crippen molar-refractivity contribution in [3.05, 3.63) is 70.8 Å². The van der Waals surface area contributed by atoms with Crippen LogP contribution in [0.25, 0.3) is 0 Å². The van der Waals surface area contributed by atoms with E-state index in [2.05, 4.69) is 11.4 Å². The Morgan fingerprint density at radius 3 is 2.24 bits per heavy atom. The first-order valence-corrected chi connectivity index (χ1v) is 7.42. The maximum Gasteiger partial charge on any atom is 0.131 e. The number of nitrogens with one attached hydrogen (secondary N) is 1. The van der Waals surface area contributed by atoms with Gasteiger partial charge in [0.1, 0.15) is 11.6 Å². The van der Waals surface area contributed by atoms with Gasteiger partial charge in [-0.15, -0.1) is 0 Å². The standard InChI is InChI=1S/C18H19F2N/c1-21-18(17-15(19)10-5-11-16(17)20)14-9-3-2-8-13(14)12-6-4-7-12/h2-3,5,8-12,18,21H,4,6-7H2,1H3. The van der Waals surface area contributed by atoms with Gasteiger partial charge in [-0.3, -0.25) is 0 Å². The molecule has 0 aliphatic heterocycles. The van der Waals surface area contributed by atoms with Gasteiger partial charge in [-0.25, -0.2) is 8.78 Å². The van der Waals surface area contributed by atoms with Crippen molar-refractivity contribution in [2.45, 2.75) is 31.2 Å². The van der Waals surface area contributed by atoms with Crippen LogP contribution in [0.5, 0.6) is 0 Å². The first-order chi connectivity index (χ1) is 10.2. The molecule has 1 aliphatic carbocycles. The molecule has 1 unspecified atom stereocenters. The zero-order chi connectivity index (χ0) is 14.8. The van der Waals surface area contributed by atoms with E-state index in [1.165, 1.54) is 30.2 Å². The van der Waals surface area contributed by atoms with Crippen molar-refractivity contribution in [1.82, 2.24) is 5.32 Å². The Hall–Kier alpha value is -1.74. The molecule has 0 spiro atoms. The smallest absolute Gasteiger partial charge is 0.131 e. The van der Waals surface area contributed by atoms with Crippen molar-refractivity contribution >= 4 is 0 Å². The Morgan fingerprint density at radius 2 is 1.67 bits per heavy atom. The molecule has 1 saturated carbocycles. The third kappa shape index (κ3) is 2.58. The predicted molar refractivity (Wildman–Crippen MR) is 80.3 cm³/mol. The summed E-state index contributed by atoms with van der Waals surface area (Å²) in [6.45, 7) is 0. The molecule has 2 aromatic carbocycles. The van der Waals surface area contributed by atoms with Crippen LogP contribution in [0.1, 0.15) is 47.9 Å². The number of benzene rings is 2. The van der Waals surface area contributed by atoms with Gasteiger partial charge < -0.3 is 5.32 Å². The molecule has 0 heterocycles. The van der Waals surface area contributed by atoms with Gasteiger partial charge in [0.25, 0.3) is 0 Å². The van der Waals surface area contributed by atoms with E-state index in [1.54, 1.807) is 7.05 Å². The predicted octanol–water partition coefficient (Wildman–Crippen LogP) is 4.54. The number of halogens is 2. The highest BCUT2D eigenvalue weighted by Crippen LogP contribution is 2.41. The molecule has 1 aliphatic rings. The van der Waals surface area contributed by atoms with Gasteiger partial charge in [0.15, 0.2) is 0 Å². The zero-order valence-corrected chi connectivity index (χ0v) is 12.1. The maximum absolute atomic E-state index is 14.1. The van der Waals surface area contributed by atoms with Crippen LogP contribution in [0.4, 0.5) is 8.78 Å². The molecule has 0 aromatic heterocycles. The Bertz CT molecular complexity index is 615. The summed E-state index contributed by atoms with van der Waals surface area (Å²) in [4.78, 5) is 0. The molecule has 0 amide bonds. The molecular weight excluding hydrogens is 268 g/mol. The van der Waals surface area contributed by atoms with Crippen LogP contribution in [0, 0.1) is 11.6 Å². The van der Waals surface area contributed by atoms with Crippen molar-refractivity contribution in [3.8, 4) is 0 Å². The highest BCUT2D eigenvalue weighted by Gasteiger charge is 2.27. The van der Waals surface area contributed by atoms with Crippen LogP contribution in [0.15, 0.2) is 42.5 Å². The minimum Gasteiger partial charge on any atom is -0.309 e. The van der Waals surface area contributed by atoms with Crippen LogP contribution >= 0.6 is 0 Å². The van der Waals surface area contributed by atoms with Gasteiger partial charge in [-0.1, -0.05) is 36.8 Å². The summed E-state index contributed by atoms with van der Waals surface area (Å²) in [5.74, 6) is -0.484. The fourth-order valence-corrected chi connectivity index (χ4v) is 3.11. The quantitative estimate of drug-likeness (QED) is 0.870. The highest BCUT2D eigenvalue weighted by molar-refractivity contribution is 5.41. The van der Waals surface area contributed by atoms with E-state index >= 15 is 0 Å². The summed E-state index contributed by atoms with van der Waals surface area (Å²) < 4.78 is 28.2. The van der Waals surface area contributed by atoms with Crippen LogP contribution < -0.4 is 5.32 Å². The normalized spacial score (nSPS) is 16.5. The minimum atomic E-state index is -0.502. The number of hydrogen-bond acceptors (Lipinski definition) is 1. The lowest BCUT2D eigenvalue weighted by Crippen LogP contribution is -2.23. The van der Waals surface area contributed by atoms with Gasteiger partial charge in [-0.05, 0) is 49.1 Å². The SMILES string of the molecule is CNC(c1ccccc1C1CCC1)c1c(F)cccc1F. The summed E-state index contributed by atoms with van der Waals surface area (Å²) in [7, 11) is 1.74. The molecule has 1 N–H and O–H groups in total. The van der Waals surface area contributed by atoms with Gasteiger partial charge in [0.05, 0.1) is 6.04 Å². The largest absolute Gasteiger partial charge is 0.309 e. The third-order valence-electron chi connectivity index (χ3n) is 4.43. The molecule has 0 saturated heterocycles. The Balaban J connectivity index is 2.08. The van der Waals surface area contributed by atoms with Crippen LogP contribution in [-0.4, -0.2) is 7.05 Å². The molecule has 0 radical (unpaired) electrons. The Labute approximate surface area is 124 Å². The van der Waals surface area contributed by atoms with Gasteiger partial charge in [-0.2, -0.15) is 0 Å². The van der Waals surface area contributed by atoms with Crippen molar-refractivity contribution < 1.29 is 8.78 Å². The first kappa shape index (κ1) is 14.2. The van der Waals surface area contributed by atoms with Gasteiger partial charge in [0.2, 0.25) is 0 Å². The van der Waals surface area contributed by atoms with E-state index in [-0.39, 0.29) is 5.56 Å². The lowest BCUT2D eigenvalue weighted by molar-refractivity contribution is 0.413. The first-order valence-electron chi connectivity index (χ1n) is 7.42. The summed E-state index contributed by atoms with van der Waals surface area (Å²) in [6.07, 6.45) is 3.55. The highest BCUT2D eigenvalue weighted by atomic mass is 19.1. The Morgan fingerprint density at radius 1 is 1.00 bits per heavy atom. The van der Waals surface area contributed by atoms with E-state index < -0.39 is 17.7 Å². The lowest BCUT2D eigenvalue weighted by atomic mass is 9.76. The van der Waals surface area contributed by atoms with Crippen molar-refractivity contribution in [2.75, 3.05) is 7.05 Å². The van der Waals surface area contributed by atoms with Gasteiger partial charge >= 0.3 is 0 Å². The summed E-state index contributed by atoms with van der Waals surface area (Å²) in [6, 6.07) is 11.6. The number of rotatable bonds is 4. The molecule has 2 aromatic rings. The lowest BCUT2D eigenvalue weighted by Gasteiger charge is -2.30. The molecule has 1 atom stereocenters. The molecule has 110 valence electrons. The summed E-state index contributed by atoms with van der Waals surface area (Å²) in [5.41, 5.74) is 2.30. The molecule has 21 heavy (non-hydrogen) atoms. The fourth-order valence-electron chi connectivity index (χ4n) is 3.11. The summed E-state index contributed by atoms with van der Waals surface area (Å²) >= 11 is 0. The van der Waals surface area contributed by atoms with Crippen molar-refractivity contribution in [2.24, 2.45) is 0 Å². The van der Waals surface area contributed by atoms with Crippen LogP contribution in [-0.2, 0) is 0 Å². The monoisotopic (exact) mass is 287 g/mol. The second kappa shape index (κ2) is 5.94. The van der Waals surface area contributed by atoms with Crippen molar-refractivity contribution in [1.29, 1.82) is 0 Å². The molecule has 3 rings (SSSR count). The van der Waals surface area contributed by atoms with Crippen LogP contribution in [0.2, 0.25) is 0 Å². The minimum absolute atomic E-state index is 0.103. The van der Waals surface area contributed by atoms with E-state index in [4.69, 9.17) is 0 Å². The second-order valence-corrected chi connectivity index (χ2v) is 5.61. The molecule has 1 fully saturated rings.